The van der Waals surface area contributed by atoms with Gasteiger partial charge in [-0.15, -0.1) is 0 Å². The molecule has 0 aromatic heterocycles. The van der Waals surface area contributed by atoms with E-state index in [1.807, 2.05) is 6.92 Å². The first-order valence-corrected chi connectivity index (χ1v) is 7.31. The fourth-order valence-electron chi connectivity index (χ4n) is 3.60. The third-order valence-corrected chi connectivity index (χ3v) is 4.92. The Labute approximate surface area is 124 Å². The number of Topliss-reactive ketones (excluding diaryl/α,β-unsaturated/α-hetero) is 1. The smallest absolute Gasteiger partial charge is 0.306 e. The number of rotatable bonds is 7. The Bertz CT molecular complexity index is 407. The van der Waals surface area contributed by atoms with E-state index in [1.54, 1.807) is 0 Å². The SMILES string of the molecule is CC(=O)CCC1C(C)CCC([C@@H](C)C(=O)O)C1(C=O)OO. The molecule has 1 aliphatic carbocycles. The predicted molar refractivity (Wildman–Crippen MR) is 74.6 cm³/mol. The van der Waals surface area contributed by atoms with Crippen molar-refractivity contribution in [2.75, 3.05) is 0 Å². The largest absolute Gasteiger partial charge is 0.481 e. The van der Waals surface area contributed by atoms with Crippen LogP contribution in [0.15, 0.2) is 0 Å². The van der Waals surface area contributed by atoms with Crippen LogP contribution < -0.4 is 0 Å². The van der Waals surface area contributed by atoms with E-state index in [4.69, 9.17) is 0 Å². The number of hydrogen-bond donors (Lipinski definition) is 2. The molecule has 0 aromatic carbocycles. The van der Waals surface area contributed by atoms with Crippen molar-refractivity contribution in [2.45, 2.75) is 52.1 Å². The minimum atomic E-state index is -1.55. The molecule has 4 unspecified atom stereocenters. The lowest BCUT2D eigenvalue weighted by Gasteiger charge is -2.48. The molecule has 5 atom stereocenters. The maximum absolute atomic E-state index is 11.7. The van der Waals surface area contributed by atoms with Gasteiger partial charge in [0.2, 0.25) is 0 Å². The van der Waals surface area contributed by atoms with Crippen molar-refractivity contribution in [1.29, 1.82) is 0 Å². The lowest BCUT2D eigenvalue weighted by atomic mass is 9.60. The molecule has 6 nitrogen and oxygen atoms in total. The van der Waals surface area contributed by atoms with Crippen LogP contribution >= 0.6 is 0 Å². The predicted octanol–water partition coefficient (Wildman–Crippen LogP) is 2.17. The van der Waals surface area contributed by atoms with Crippen molar-refractivity contribution >= 4 is 18.0 Å². The normalized spacial score (nSPS) is 34.2. The minimum absolute atomic E-state index is 0.00616. The number of carboxylic acid groups (broad SMARTS) is 1. The molecular formula is C15H24O6. The number of aliphatic carboxylic acids is 1. The number of carboxylic acids is 1. The Morgan fingerprint density at radius 1 is 1.43 bits per heavy atom. The van der Waals surface area contributed by atoms with Gasteiger partial charge in [0, 0.05) is 18.3 Å². The number of aldehydes is 1. The van der Waals surface area contributed by atoms with Crippen LogP contribution in [0.5, 0.6) is 0 Å². The topological polar surface area (TPSA) is 101 Å². The monoisotopic (exact) mass is 300 g/mol. The minimum Gasteiger partial charge on any atom is -0.481 e. The lowest BCUT2D eigenvalue weighted by Crippen LogP contribution is -2.56. The second kappa shape index (κ2) is 7.13. The average molecular weight is 300 g/mol. The van der Waals surface area contributed by atoms with E-state index in [1.165, 1.54) is 13.8 Å². The van der Waals surface area contributed by atoms with Gasteiger partial charge >= 0.3 is 5.97 Å². The van der Waals surface area contributed by atoms with E-state index >= 15 is 0 Å². The van der Waals surface area contributed by atoms with Crippen LogP contribution in [0.3, 0.4) is 0 Å². The molecule has 1 aliphatic rings. The second-order valence-corrected chi connectivity index (χ2v) is 6.20. The van der Waals surface area contributed by atoms with E-state index in [0.717, 1.165) is 6.42 Å². The Balaban J connectivity index is 3.14. The number of carbonyl (C=O) groups is 3. The van der Waals surface area contributed by atoms with E-state index < -0.39 is 23.4 Å². The molecule has 6 heteroatoms. The van der Waals surface area contributed by atoms with Gasteiger partial charge in [-0.1, -0.05) is 13.8 Å². The Morgan fingerprint density at radius 2 is 2.05 bits per heavy atom. The van der Waals surface area contributed by atoms with Gasteiger partial charge < -0.3 is 9.90 Å². The summed E-state index contributed by atoms with van der Waals surface area (Å²) in [4.78, 5) is 38.8. The van der Waals surface area contributed by atoms with E-state index in [9.17, 15) is 24.7 Å². The van der Waals surface area contributed by atoms with Crippen molar-refractivity contribution in [1.82, 2.24) is 0 Å². The molecule has 21 heavy (non-hydrogen) atoms. The van der Waals surface area contributed by atoms with Crippen molar-refractivity contribution in [2.24, 2.45) is 23.7 Å². The highest BCUT2D eigenvalue weighted by molar-refractivity contribution is 5.76. The highest BCUT2D eigenvalue weighted by Gasteiger charge is 2.55. The van der Waals surface area contributed by atoms with Crippen LogP contribution in [0.2, 0.25) is 0 Å². The summed E-state index contributed by atoms with van der Waals surface area (Å²) in [6.07, 6.45) is 2.44. The highest BCUT2D eigenvalue weighted by atomic mass is 17.1. The molecular weight excluding hydrogens is 276 g/mol. The van der Waals surface area contributed by atoms with Gasteiger partial charge in [0.25, 0.3) is 0 Å². The molecule has 0 aromatic rings. The number of ketones is 1. The van der Waals surface area contributed by atoms with Gasteiger partial charge in [0.05, 0.1) is 5.92 Å². The zero-order valence-corrected chi connectivity index (χ0v) is 12.7. The summed E-state index contributed by atoms with van der Waals surface area (Å²) in [7, 11) is 0. The first-order valence-electron chi connectivity index (χ1n) is 7.31. The van der Waals surface area contributed by atoms with Gasteiger partial charge in [-0.05, 0) is 32.1 Å². The Hall–Kier alpha value is -1.27. The summed E-state index contributed by atoms with van der Waals surface area (Å²) in [6, 6.07) is 0. The molecule has 0 aliphatic heterocycles. The average Bonchev–Trinajstić information content (AvgIpc) is 2.44. The van der Waals surface area contributed by atoms with Crippen molar-refractivity contribution in [3.05, 3.63) is 0 Å². The molecule has 1 fully saturated rings. The summed E-state index contributed by atoms with van der Waals surface area (Å²) < 4.78 is 0. The molecule has 0 bridgehead atoms. The van der Waals surface area contributed by atoms with Gasteiger partial charge in [0.15, 0.2) is 11.9 Å². The van der Waals surface area contributed by atoms with Crippen LogP contribution in [0, 0.1) is 23.7 Å². The standard InChI is InChI=1S/C15H24O6/c1-9-4-6-13(11(3)14(18)19)15(8-16,21-20)12(9)7-5-10(2)17/h8-9,11-13,20H,4-7H2,1-3H3,(H,18,19)/t9?,11-,12?,13?,15?/m1/s1. The zero-order valence-electron chi connectivity index (χ0n) is 12.7. The summed E-state index contributed by atoms with van der Waals surface area (Å²) in [5, 5.41) is 18.6. The molecule has 0 heterocycles. The first-order chi connectivity index (χ1) is 9.80. The summed E-state index contributed by atoms with van der Waals surface area (Å²) in [5.41, 5.74) is -1.55. The third kappa shape index (κ3) is 3.49. The summed E-state index contributed by atoms with van der Waals surface area (Å²) >= 11 is 0. The van der Waals surface area contributed by atoms with Crippen LogP contribution in [-0.2, 0) is 19.3 Å². The van der Waals surface area contributed by atoms with Crippen LogP contribution in [0.25, 0.3) is 0 Å². The van der Waals surface area contributed by atoms with Gasteiger partial charge in [0.1, 0.15) is 5.78 Å². The van der Waals surface area contributed by atoms with Crippen molar-refractivity contribution < 1.29 is 29.6 Å². The number of hydrogen-bond acceptors (Lipinski definition) is 5. The van der Waals surface area contributed by atoms with Crippen LogP contribution in [0.4, 0.5) is 0 Å². The summed E-state index contributed by atoms with van der Waals surface area (Å²) in [5.74, 6) is -2.75. The molecule has 2 N–H and O–H groups in total. The van der Waals surface area contributed by atoms with Gasteiger partial charge in [-0.2, -0.15) is 0 Å². The van der Waals surface area contributed by atoms with Crippen LogP contribution in [-0.4, -0.2) is 34.0 Å². The van der Waals surface area contributed by atoms with E-state index in [0.29, 0.717) is 19.1 Å². The third-order valence-electron chi connectivity index (χ3n) is 4.92. The van der Waals surface area contributed by atoms with Gasteiger partial charge in [-0.25, -0.2) is 4.89 Å². The molecule has 0 saturated heterocycles. The Morgan fingerprint density at radius 3 is 2.48 bits per heavy atom. The summed E-state index contributed by atoms with van der Waals surface area (Å²) in [6.45, 7) is 4.92. The lowest BCUT2D eigenvalue weighted by molar-refractivity contribution is -0.347. The maximum Gasteiger partial charge on any atom is 0.306 e. The van der Waals surface area contributed by atoms with E-state index in [-0.39, 0.29) is 24.0 Å². The molecule has 120 valence electrons. The van der Waals surface area contributed by atoms with Gasteiger partial charge in [-0.3, -0.25) is 14.8 Å². The van der Waals surface area contributed by atoms with E-state index in [2.05, 4.69) is 4.89 Å². The molecule has 1 saturated carbocycles. The zero-order chi connectivity index (χ0) is 16.2. The first kappa shape index (κ1) is 17.8. The molecule has 1 rings (SSSR count). The van der Waals surface area contributed by atoms with Crippen LogP contribution in [0.1, 0.15) is 46.5 Å². The fraction of sp³-hybridized carbons (Fsp3) is 0.800. The second-order valence-electron chi connectivity index (χ2n) is 6.20. The molecule has 0 amide bonds. The fourth-order valence-corrected chi connectivity index (χ4v) is 3.60. The number of carbonyl (C=O) groups excluding carboxylic acids is 2. The Kier molecular flexibility index (Phi) is 6.04. The molecule has 0 radical (unpaired) electrons. The van der Waals surface area contributed by atoms with Crippen molar-refractivity contribution in [3.63, 3.8) is 0 Å². The highest BCUT2D eigenvalue weighted by Crippen LogP contribution is 2.47. The van der Waals surface area contributed by atoms with Crippen molar-refractivity contribution in [3.8, 4) is 0 Å². The quantitative estimate of drug-likeness (QED) is 0.424. The molecule has 0 spiro atoms. The maximum atomic E-state index is 11.7.